The van der Waals surface area contributed by atoms with Gasteiger partial charge < -0.3 is 20.4 Å². The van der Waals surface area contributed by atoms with E-state index in [1.165, 1.54) is 11.2 Å². The molecule has 0 bridgehead atoms. The lowest BCUT2D eigenvalue weighted by Gasteiger charge is -2.33. The molecule has 1 aromatic rings. The fraction of sp³-hybridized carbons (Fsp3) is 0.538. The van der Waals surface area contributed by atoms with E-state index in [2.05, 4.69) is 5.32 Å². The van der Waals surface area contributed by atoms with E-state index in [1.54, 1.807) is 6.07 Å². The lowest BCUT2D eigenvalue weighted by molar-refractivity contribution is -0.119. The molecule has 2 heterocycles. The number of nitrogens with two attached hydrogens (primary N) is 1. The SMILES string of the molecule is Cc1ccoc1C(=O)N(CC(N)=O)C1CCNCC1. The van der Waals surface area contributed by atoms with Gasteiger partial charge >= 0.3 is 0 Å². The number of hydrogen-bond acceptors (Lipinski definition) is 4. The summed E-state index contributed by atoms with van der Waals surface area (Å²) in [5.74, 6) is -0.468. The zero-order valence-electron chi connectivity index (χ0n) is 11.0. The molecule has 1 aliphatic rings. The standard InChI is InChI=1S/C13H19N3O3/c1-9-4-7-19-12(9)13(18)16(8-11(14)17)10-2-5-15-6-3-10/h4,7,10,15H,2-3,5-6,8H2,1H3,(H2,14,17). The lowest BCUT2D eigenvalue weighted by atomic mass is 10.0. The normalized spacial score (nSPS) is 16.3. The zero-order chi connectivity index (χ0) is 13.8. The van der Waals surface area contributed by atoms with Crippen molar-refractivity contribution in [3.63, 3.8) is 0 Å². The molecule has 6 nitrogen and oxygen atoms in total. The molecule has 19 heavy (non-hydrogen) atoms. The predicted octanol–water partition coefficient (Wildman–Crippen LogP) is 0.268. The second-order valence-electron chi connectivity index (χ2n) is 4.81. The summed E-state index contributed by atoms with van der Waals surface area (Å²) in [5.41, 5.74) is 6.02. The molecule has 0 aromatic carbocycles. The lowest BCUT2D eigenvalue weighted by Crippen LogP contribution is -2.49. The summed E-state index contributed by atoms with van der Waals surface area (Å²) < 4.78 is 5.22. The molecule has 0 spiro atoms. The van der Waals surface area contributed by atoms with Gasteiger partial charge in [-0.1, -0.05) is 0 Å². The van der Waals surface area contributed by atoms with Crippen LogP contribution in [0.4, 0.5) is 0 Å². The summed E-state index contributed by atoms with van der Waals surface area (Å²) in [6.45, 7) is 3.42. The van der Waals surface area contributed by atoms with E-state index in [0.717, 1.165) is 31.5 Å². The summed E-state index contributed by atoms with van der Waals surface area (Å²) in [4.78, 5) is 25.2. The van der Waals surface area contributed by atoms with Crippen LogP contribution in [0.2, 0.25) is 0 Å². The molecule has 6 heteroatoms. The van der Waals surface area contributed by atoms with E-state index in [0.29, 0.717) is 5.76 Å². The van der Waals surface area contributed by atoms with Crippen LogP contribution in [0.25, 0.3) is 0 Å². The topological polar surface area (TPSA) is 88.6 Å². The zero-order valence-corrected chi connectivity index (χ0v) is 11.0. The Balaban J connectivity index is 2.19. The molecule has 2 amide bonds. The minimum atomic E-state index is -0.504. The van der Waals surface area contributed by atoms with E-state index in [1.807, 2.05) is 6.92 Å². The Kier molecular flexibility index (Phi) is 4.21. The molecule has 3 N–H and O–H groups in total. The highest BCUT2D eigenvalue weighted by atomic mass is 16.3. The van der Waals surface area contributed by atoms with Crippen LogP contribution in [0.5, 0.6) is 0 Å². The average Bonchev–Trinajstić information content (AvgIpc) is 2.82. The van der Waals surface area contributed by atoms with E-state index < -0.39 is 5.91 Å². The number of nitrogens with one attached hydrogen (secondary N) is 1. The van der Waals surface area contributed by atoms with Crippen LogP contribution in [0.1, 0.15) is 29.0 Å². The Morgan fingerprint density at radius 1 is 1.47 bits per heavy atom. The van der Waals surface area contributed by atoms with Crippen molar-refractivity contribution in [1.29, 1.82) is 0 Å². The van der Waals surface area contributed by atoms with Crippen molar-refractivity contribution in [2.45, 2.75) is 25.8 Å². The molecular weight excluding hydrogens is 246 g/mol. The summed E-state index contributed by atoms with van der Waals surface area (Å²) in [5, 5.41) is 3.23. The van der Waals surface area contributed by atoms with Gasteiger partial charge in [0.25, 0.3) is 5.91 Å². The van der Waals surface area contributed by atoms with Crippen LogP contribution in [0.15, 0.2) is 16.7 Å². The highest BCUT2D eigenvalue weighted by Crippen LogP contribution is 2.18. The summed E-state index contributed by atoms with van der Waals surface area (Å²) in [6, 6.07) is 1.77. The fourth-order valence-electron chi connectivity index (χ4n) is 2.38. The Bertz CT molecular complexity index is 463. The molecule has 1 aromatic heterocycles. The Hall–Kier alpha value is -1.82. The molecule has 1 saturated heterocycles. The van der Waals surface area contributed by atoms with Crippen LogP contribution in [0.3, 0.4) is 0 Å². The quantitative estimate of drug-likeness (QED) is 0.817. The maximum absolute atomic E-state index is 12.5. The third kappa shape index (κ3) is 3.14. The van der Waals surface area contributed by atoms with Crippen LogP contribution in [-0.2, 0) is 4.79 Å². The Morgan fingerprint density at radius 3 is 2.68 bits per heavy atom. The minimum Gasteiger partial charge on any atom is -0.459 e. The molecule has 0 saturated carbocycles. The molecule has 0 atom stereocenters. The molecule has 2 rings (SSSR count). The molecule has 1 fully saturated rings. The Morgan fingerprint density at radius 2 is 2.16 bits per heavy atom. The van der Waals surface area contributed by atoms with Gasteiger partial charge in [0.2, 0.25) is 5.91 Å². The highest BCUT2D eigenvalue weighted by molar-refractivity contribution is 5.95. The molecule has 0 unspecified atom stereocenters. The molecule has 0 radical (unpaired) electrons. The summed E-state index contributed by atoms with van der Waals surface area (Å²) in [7, 11) is 0. The maximum atomic E-state index is 12.5. The third-order valence-electron chi connectivity index (χ3n) is 3.39. The van der Waals surface area contributed by atoms with Crippen LogP contribution in [0, 0.1) is 6.92 Å². The predicted molar refractivity (Wildman–Crippen MR) is 69.6 cm³/mol. The molecule has 0 aliphatic carbocycles. The summed E-state index contributed by atoms with van der Waals surface area (Å²) >= 11 is 0. The number of furan rings is 1. The first-order chi connectivity index (χ1) is 9.09. The van der Waals surface area contributed by atoms with Crippen molar-refractivity contribution in [3.8, 4) is 0 Å². The first-order valence-electron chi connectivity index (χ1n) is 6.43. The van der Waals surface area contributed by atoms with Gasteiger partial charge in [-0.25, -0.2) is 0 Å². The van der Waals surface area contributed by atoms with Crippen molar-refractivity contribution < 1.29 is 14.0 Å². The van der Waals surface area contributed by atoms with Gasteiger partial charge in [-0.15, -0.1) is 0 Å². The monoisotopic (exact) mass is 265 g/mol. The van der Waals surface area contributed by atoms with E-state index in [-0.39, 0.29) is 18.5 Å². The number of carbonyl (C=O) groups is 2. The van der Waals surface area contributed by atoms with Gasteiger partial charge in [0.1, 0.15) is 6.54 Å². The minimum absolute atomic E-state index is 0.0331. The Labute approximate surface area is 111 Å². The van der Waals surface area contributed by atoms with Gasteiger partial charge in [0.15, 0.2) is 5.76 Å². The molecule has 104 valence electrons. The smallest absolute Gasteiger partial charge is 0.290 e. The average molecular weight is 265 g/mol. The number of piperidine rings is 1. The van der Waals surface area contributed by atoms with Gasteiger partial charge in [0, 0.05) is 11.6 Å². The number of primary amides is 1. The second-order valence-corrected chi connectivity index (χ2v) is 4.81. The number of hydrogen-bond donors (Lipinski definition) is 2. The number of nitrogens with zero attached hydrogens (tertiary/aromatic N) is 1. The molecule has 1 aliphatic heterocycles. The number of amides is 2. The highest BCUT2D eigenvalue weighted by Gasteiger charge is 2.29. The van der Waals surface area contributed by atoms with Gasteiger partial charge in [-0.3, -0.25) is 9.59 Å². The van der Waals surface area contributed by atoms with Crippen LogP contribution >= 0.6 is 0 Å². The van der Waals surface area contributed by atoms with E-state index in [4.69, 9.17) is 10.2 Å². The van der Waals surface area contributed by atoms with Gasteiger partial charge in [0.05, 0.1) is 6.26 Å². The van der Waals surface area contributed by atoms with E-state index in [9.17, 15) is 9.59 Å². The van der Waals surface area contributed by atoms with Gasteiger partial charge in [-0.05, 0) is 38.9 Å². The van der Waals surface area contributed by atoms with E-state index >= 15 is 0 Å². The third-order valence-corrected chi connectivity index (χ3v) is 3.39. The summed E-state index contributed by atoms with van der Waals surface area (Å²) in [6.07, 6.45) is 3.12. The van der Waals surface area contributed by atoms with Gasteiger partial charge in [-0.2, -0.15) is 0 Å². The largest absolute Gasteiger partial charge is 0.459 e. The van der Waals surface area contributed by atoms with Crippen molar-refractivity contribution in [2.75, 3.05) is 19.6 Å². The first kappa shape index (κ1) is 13.6. The molecular formula is C13H19N3O3. The van der Waals surface area contributed by atoms with Crippen molar-refractivity contribution in [1.82, 2.24) is 10.2 Å². The second kappa shape index (κ2) is 5.88. The van der Waals surface area contributed by atoms with Crippen molar-refractivity contribution >= 4 is 11.8 Å². The van der Waals surface area contributed by atoms with Crippen LogP contribution in [-0.4, -0.2) is 42.4 Å². The first-order valence-corrected chi connectivity index (χ1v) is 6.43. The van der Waals surface area contributed by atoms with Crippen LogP contribution < -0.4 is 11.1 Å². The maximum Gasteiger partial charge on any atom is 0.290 e. The van der Waals surface area contributed by atoms with Crippen molar-refractivity contribution in [3.05, 3.63) is 23.7 Å². The number of carbonyl (C=O) groups excluding carboxylic acids is 2. The van der Waals surface area contributed by atoms with Crippen molar-refractivity contribution in [2.24, 2.45) is 5.73 Å². The fourth-order valence-corrected chi connectivity index (χ4v) is 2.38. The number of aryl methyl sites for hydroxylation is 1. The number of rotatable bonds is 4.